The van der Waals surface area contributed by atoms with Crippen molar-refractivity contribution in [1.29, 1.82) is 0 Å². The Kier molecular flexibility index (Phi) is 6.23. The number of aliphatic hydroxyl groups is 1. The molecule has 0 aliphatic carbocycles. The maximum Gasteiger partial charge on any atom is 0.224 e. The monoisotopic (exact) mass is 317 g/mol. The number of furan rings is 1. The predicted molar refractivity (Wildman–Crippen MR) is 89.4 cm³/mol. The number of anilines is 1. The second kappa shape index (κ2) is 8.39. The van der Waals surface area contributed by atoms with E-state index in [-0.39, 0.29) is 12.5 Å². The molecular weight excluding hydrogens is 294 g/mol. The number of aliphatic hydroxyl groups excluding tert-OH is 1. The lowest BCUT2D eigenvalue weighted by atomic mass is 10.1. The second-order valence-electron chi connectivity index (χ2n) is 5.34. The van der Waals surface area contributed by atoms with Crippen molar-refractivity contribution in [1.82, 2.24) is 0 Å². The molecule has 124 valence electrons. The number of carbonyl (C=O) groups excluding carboxylic acids is 1. The first kappa shape index (κ1) is 17.1. The Hall–Kier alpha value is -2.27. The van der Waals surface area contributed by atoms with Gasteiger partial charge in [0.1, 0.15) is 23.9 Å². The van der Waals surface area contributed by atoms with E-state index in [1.807, 2.05) is 12.1 Å². The lowest BCUT2D eigenvalue weighted by Gasteiger charge is -2.11. The van der Waals surface area contributed by atoms with Gasteiger partial charge < -0.3 is 19.6 Å². The molecule has 0 bridgehead atoms. The molecule has 0 saturated carbocycles. The molecule has 23 heavy (non-hydrogen) atoms. The zero-order valence-electron chi connectivity index (χ0n) is 13.6. The standard InChI is InChI=1S/C18H23NO4/c1-3-4-5-6-18(21)19-15-11-13(7-9-17(15)22-2)16-10-8-14(12-20)23-16/h7-11,20H,3-6,12H2,1-2H3,(H,19,21). The van der Waals surface area contributed by atoms with E-state index in [1.165, 1.54) is 0 Å². The van der Waals surface area contributed by atoms with Gasteiger partial charge in [0.2, 0.25) is 5.91 Å². The van der Waals surface area contributed by atoms with Gasteiger partial charge in [-0.3, -0.25) is 4.79 Å². The summed E-state index contributed by atoms with van der Waals surface area (Å²) >= 11 is 0. The predicted octanol–water partition coefficient (Wildman–Crippen LogP) is 3.97. The first-order valence-corrected chi connectivity index (χ1v) is 7.85. The third-order valence-corrected chi connectivity index (χ3v) is 3.58. The summed E-state index contributed by atoms with van der Waals surface area (Å²) in [6.07, 6.45) is 3.50. The fraction of sp³-hybridized carbons (Fsp3) is 0.389. The van der Waals surface area contributed by atoms with E-state index in [0.717, 1.165) is 24.8 Å². The molecule has 0 spiro atoms. The van der Waals surface area contributed by atoms with Crippen LogP contribution >= 0.6 is 0 Å². The summed E-state index contributed by atoms with van der Waals surface area (Å²) in [5, 5.41) is 12.0. The lowest BCUT2D eigenvalue weighted by molar-refractivity contribution is -0.116. The van der Waals surface area contributed by atoms with Crippen LogP contribution in [-0.4, -0.2) is 18.1 Å². The lowest BCUT2D eigenvalue weighted by Crippen LogP contribution is -2.12. The molecule has 0 aliphatic rings. The highest BCUT2D eigenvalue weighted by molar-refractivity contribution is 5.93. The van der Waals surface area contributed by atoms with Gasteiger partial charge in [-0.1, -0.05) is 19.8 Å². The summed E-state index contributed by atoms with van der Waals surface area (Å²) in [5.41, 5.74) is 1.43. The topological polar surface area (TPSA) is 71.7 Å². The molecule has 0 unspecified atom stereocenters. The minimum atomic E-state index is -0.142. The van der Waals surface area contributed by atoms with Crippen LogP contribution in [0.4, 0.5) is 5.69 Å². The summed E-state index contributed by atoms with van der Waals surface area (Å²) < 4.78 is 10.8. The summed E-state index contributed by atoms with van der Waals surface area (Å²) in [6.45, 7) is 1.96. The van der Waals surface area contributed by atoms with Crippen LogP contribution in [0.15, 0.2) is 34.7 Å². The molecule has 1 heterocycles. The highest BCUT2D eigenvalue weighted by Gasteiger charge is 2.11. The van der Waals surface area contributed by atoms with Gasteiger partial charge in [0.25, 0.3) is 0 Å². The van der Waals surface area contributed by atoms with Crippen molar-refractivity contribution in [2.24, 2.45) is 0 Å². The maximum atomic E-state index is 12.0. The molecular formula is C18H23NO4. The van der Waals surface area contributed by atoms with Gasteiger partial charge in [0.05, 0.1) is 12.8 Å². The van der Waals surface area contributed by atoms with E-state index in [9.17, 15) is 4.79 Å². The number of benzene rings is 1. The van der Waals surface area contributed by atoms with Gasteiger partial charge >= 0.3 is 0 Å². The molecule has 1 aromatic carbocycles. The Morgan fingerprint density at radius 1 is 1.26 bits per heavy atom. The van der Waals surface area contributed by atoms with E-state index < -0.39 is 0 Å². The zero-order valence-corrected chi connectivity index (χ0v) is 13.6. The van der Waals surface area contributed by atoms with Crippen LogP contribution in [-0.2, 0) is 11.4 Å². The molecule has 5 heteroatoms. The van der Waals surface area contributed by atoms with Crippen LogP contribution in [0.3, 0.4) is 0 Å². The first-order chi connectivity index (χ1) is 11.2. The minimum absolute atomic E-state index is 0.0237. The summed E-state index contributed by atoms with van der Waals surface area (Å²) in [6, 6.07) is 8.98. The van der Waals surface area contributed by atoms with E-state index in [4.69, 9.17) is 14.3 Å². The number of amides is 1. The Labute approximate surface area is 136 Å². The van der Waals surface area contributed by atoms with Gasteiger partial charge in [-0.25, -0.2) is 0 Å². The van der Waals surface area contributed by atoms with Crippen LogP contribution in [0.1, 0.15) is 38.4 Å². The molecule has 0 fully saturated rings. The van der Waals surface area contributed by atoms with E-state index in [1.54, 1.807) is 25.3 Å². The highest BCUT2D eigenvalue weighted by Crippen LogP contribution is 2.31. The normalized spacial score (nSPS) is 10.6. The quantitative estimate of drug-likeness (QED) is 0.723. The van der Waals surface area contributed by atoms with Crippen LogP contribution in [0, 0.1) is 0 Å². The fourth-order valence-electron chi connectivity index (χ4n) is 2.33. The number of nitrogens with one attached hydrogen (secondary N) is 1. The molecule has 0 saturated heterocycles. The number of unbranched alkanes of at least 4 members (excludes halogenated alkanes) is 2. The van der Waals surface area contributed by atoms with E-state index in [0.29, 0.717) is 29.4 Å². The smallest absolute Gasteiger partial charge is 0.224 e. The van der Waals surface area contributed by atoms with Crippen molar-refractivity contribution in [2.75, 3.05) is 12.4 Å². The van der Waals surface area contributed by atoms with Crippen LogP contribution in [0.2, 0.25) is 0 Å². The molecule has 2 aromatic rings. The van der Waals surface area contributed by atoms with Crippen LogP contribution in [0.5, 0.6) is 5.75 Å². The first-order valence-electron chi connectivity index (χ1n) is 7.85. The van der Waals surface area contributed by atoms with Crippen molar-refractivity contribution in [3.8, 4) is 17.1 Å². The summed E-state index contributed by atoms with van der Waals surface area (Å²) in [7, 11) is 1.57. The summed E-state index contributed by atoms with van der Waals surface area (Å²) in [4.78, 5) is 12.0. The number of methoxy groups -OCH3 is 1. The molecule has 0 radical (unpaired) electrons. The SMILES string of the molecule is CCCCCC(=O)Nc1cc(-c2ccc(CO)o2)ccc1OC. The molecule has 5 nitrogen and oxygen atoms in total. The number of ether oxygens (including phenoxy) is 1. The number of carbonyl (C=O) groups is 1. The summed E-state index contributed by atoms with van der Waals surface area (Å²) in [5.74, 6) is 1.72. The fourth-order valence-corrected chi connectivity index (χ4v) is 2.33. The largest absolute Gasteiger partial charge is 0.495 e. The van der Waals surface area contributed by atoms with Crippen molar-refractivity contribution < 1.29 is 19.1 Å². The molecule has 1 aromatic heterocycles. The van der Waals surface area contributed by atoms with Crippen molar-refractivity contribution in [2.45, 2.75) is 39.2 Å². The Morgan fingerprint density at radius 3 is 2.74 bits per heavy atom. The molecule has 2 N–H and O–H groups in total. The van der Waals surface area contributed by atoms with Crippen molar-refractivity contribution in [3.05, 3.63) is 36.1 Å². The molecule has 0 atom stereocenters. The Bertz CT molecular complexity index is 648. The Morgan fingerprint density at radius 2 is 2.09 bits per heavy atom. The number of hydrogen-bond donors (Lipinski definition) is 2. The highest BCUT2D eigenvalue weighted by atomic mass is 16.5. The van der Waals surface area contributed by atoms with Gasteiger partial charge in [0, 0.05) is 12.0 Å². The average Bonchev–Trinajstić information content (AvgIpc) is 3.04. The van der Waals surface area contributed by atoms with Crippen molar-refractivity contribution in [3.63, 3.8) is 0 Å². The van der Waals surface area contributed by atoms with E-state index >= 15 is 0 Å². The van der Waals surface area contributed by atoms with Gasteiger partial charge in [0.15, 0.2) is 0 Å². The van der Waals surface area contributed by atoms with Gasteiger partial charge in [-0.05, 0) is 36.8 Å². The Balaban J connectivity index is 2.16. The van der Waals surface area contributed by atoms with Crippen LogP contribution in [0.25, 0.3) is 11.3 Å². The van der Waals surface area contributed by atoms with Crippen LogP contribution < -0.4 is 10.1 Å². The number of rotatable bonds is 8. The maximum absolute atomic E-state index is 12.0. The van der Waals surface area contributed by atoms with Gasteiger partial charge in [-0.2, -0.15) is 0 Å². The van der Waals surface area contributed by atoms with Crippen molar-refractivity contribution >= 4 is 11.6 Å². The minimum Gasteiger partial charge on any atom is -0.495 e. The number of hydrogen-bond acceptors (Lipinski definition) is 4. The third-order valence-electron chi connectivity index (χ3n) is 3.58. The average molecular weight is 317 g/mol. The molecule has 2 rings (SSSR count). The van der Waals surface area contributed by atoms with Gasteiger partial charge in [-0.15, -0.1) is 0 Å². The third kappa shape index (κ3) is 4.60. The molecule has 0 aliphatic heterocycles. The van der Waals surface area contributed by atoms with E-state index in [2.05, 4.69) is 12.2 Å². The second-order valence-corrected chi connectivity index (χ2v) is 5.34. The zero-order chi connectivity index (χ0) is 16.7. The molecule has 1 amide bonds.